The Morgan fingerprint density at radius 2 is 1.95 bits per heavy atom. The van der Waals surface area contributed by atoms with Crippen molar-refractivity contribution in [2.75, 3.05) is 45.2 Å². The van der Waals surface area contributed by atoms with Gasteiger partial charge in [-0.05, 0) is 55.1 Å². The van der Waals surface area contributed by atoms with Crippen molar-refractivity contribution in [1.29, 1.82) is 0 Å². The third-order valence-electron chi connectivity index (χ3n) is 7.03. The van der Waals surface area contributed by atoms with Gasteiger partial charge in [0.2, 0.25) is 5.88 Å². The lowest BCUT2D eigenvalue weighted by Crippen LogP contribution is -2.51. The number of rotatable bonds is 8. The van der Waals surface area contributed by atoms with Crippen molar-refractivity contribution < 1.29 is 4.74 Å². The fourth-order valence-corrected chi connectivity index (χ4v) is 4.93. The SMILES string of the molecule is CCN1CCN(CCc2ccc(Nc3nc(-c4cncc(OC)n4)cc4cc[nH]c(=O)c34)cc2)CC1C. The number of hydrogen-bond acceptors (Lipinski definition) is 8. The van der Waals surface area contributed by atoms with E-state index in [1.807, 2.05) is 24.3 Å². The highest BCUT2D eigenvalue weighted by molar-refractivity contribution is 5.94. The zero-order valence-electron chi connectivity index (χ0n) is 21.6. The molecule has 0 saturated carbocycles. The summed E-state index contributed by atoms with van der Waals surface area (Å²) in [4.78, 5) is 33.9. The summed E-state index contributed by atoms with van der Waals surface area (Å²) in [6.07, 6.45) is 5.81. The van der Waals surface area contributed by atoms with E-state index in [0.29, 0.717) is 34.5 Å². The number of anilines is 2. The van der Waals surface area contributed by atoms with Crippen LogP contribution in [0.4, 0.5) is 11.5 Å². The zero-order valence-corrected chi connectivity index (χ0v) is 21.6. The second-order valence-electron chi connectivity index (χ2n) is 9.42. The van der Waals surface area contributed by atoms with Crippen molar-refractivity contribution in [2.45, 2.75) is 26.3 Å². The molecule has 4 heterocycles. The first-order valence-corrected chi connectivity index (χ1v) is 12.7. The van der Waals surface area contributed by atoms with E-state index in [-0.39, 0.29) is 5.56 Å². The Bertz CT molecular complexity index is 1420. The topological polar surface area (TPSA) is 99.3 Å². The number of aromatic nitrogens is 4. The Balaban J connectivity index is 1.34. The van der Waals surface area contributed by atoms with E-state index >= 15 is 0 Å². The van der Waals surface area contributed by atoms with E-state index in [1.54, 1.807) is 25.7 Å². The van der Waals surface area contributed by atoms with Crippen LogP contribution in [0.15, 0.2) is 59.8 Å². The van der Waals surface area contributed by atoms with Gasteiger partial charge in [-0.3, -0.25) is 14.7 Å². The minimum Gasteiger partial charge on any atom is -0.480 e. The quantitative estimate of drug-likeness (QED) is 0.379. The van der Waals surface area contributed by atoms with Crippen LogP contribution in [-0.4, -0.2) is 75.6 Å². The van der Waals surface area contributed by atoms with Crippen molar-refractivity contribution >= 4 is 22.3 Å². The fourth-order valence-electron chi connectivity index (χ4n) is 4.93. The molecule has 37 heavy (non-hydrogen) atoms. The molecule has 1 aliphatic rings. The Hall–Kier alpha value is -3.82. The Morgan fingerprint density at radius 1 is 1.11 bits per heavy atom. The summed E-state index contributed by atoms with van der Waals surface area (Å²) in [5, 5.41) is 4.60. The normalized spacial score (nSPS) is 16.7. The minimum atomic E-state index is -0.204. The molecule has 0 spiro atoms. The van der Waals surface area contributed by atoms with Gasteiger partial charge in [-0.15, -0.1) is 0 Å². The first-order chi connectivity index (χ1) is 18.0. The first kappa shape index (κ1) is 24.9. The summed E-state index contributed by atoms with van der Waals surface area (Å²) in [6.45, 7) is 10.1. The number of nitrogens with one attached hydrogen (secondary N) is 2. The van der Waals surface area contributed by atoms with Crippen molar-refractivity contribution in [3.05, 3.63) is 70.9 Å². The van der Waals surface area contributed by atoms with Gasteiger partial charge in [-0.1, -0.05) is 19.1 Å². The molecule has 9 nitrogen and oxygen atoms in total. The number of pyridine rings is 2. The summed E-state index contributed by atoms with van der Waals surface area (Å²) < 4.78 is 5.22. The van der Waals surface area contributed by atoms with Crippen LogP contribution in [0.25, 0.3) is 22.2 Å². The van der Waals surface area contributed by atoms with E-state index < -0.39 is 0 Å². The van der Waals surface area contributed by atoms with E-state index in [2.05, 4.69) is 56.0 Å². The molecule has 0 aliphatic carbocycles. The smallest absolute Gasteiger partial charge is 0.259 e. The number of methoxy groups -OCH3 is 1. The van der Waals surface area contributed by atoms with Crippen LogP contribution in [0.1, 0.15) is 19.4 Å². The molecule has 1 aromatic carbocycles. The number of benzene rings is 1. The average Bonchev–Trinajstić information content (AvgIpc) is 2.92. The molecule has 5 rings (SSSR count). The van der Waals surface area contributed by atoms with Crippen molar-refractivity contribution in [1.82, 2.24) is 29.7 Å². The van der Waals surface area contributed by atoms with Gasteiger partial charge in [0, 0.05) is 44.1 Å². The van der Waals surface area contributed by atoms with Crippen LogP contribution >= 0.6 is 0 Å². The first-order valence-electron chi connectivity index (χ1n) is 12.7. The van der Waals surface area contributed by atoms with Gasteiger partial charge >= 0.3 is 0 Å². The van der Waals surface area contributed by atoms with Crippen molar-refractivity contribution in [3.8, 4) is 17.3 Å². The van der Waals surface area contributed by atoms with Crippen molar-refractivity contribution in [3.63, 3.8) is 0 Å². The number of hydrogen-bond donors (Lipinski definition) is 2. The molecule has 1 fully saturated rings. The lowest BCUT2D eigenvalue weighted by molar-refractivity contribution is 0.0889. The Morgan fingerprint density at radius 3 is 2.70 bits per heavy atom. The molecule has 3 aromatic heterocycles. The van der Waals surface area contributed by atoms with Crippen LogP contribution in [0.2, 0.25) is 0 Å². The summed E-state index contributed by atoms with van der Waals surface area (Å²) in [6, 6.07) is 12.6. The molecule has 1 aliphatic heterocycles. The highest BCUT2D eigenvalue weighted by atomic mass is 16.5. The van der Waals surface area contributed by atoms with Gasteiger partial charge in [0.25, 0.3) is 5.56 Å². The molecule has 4 aromatic rings. The minimum absolute atomic E-state index is 0.204. The Kier molecular flexibility index (Phi) is 7.43. The molecule has 0 amide bonds. The molecule has 0 bridgehead atoms. The van der Waals surface area contributed by atoms with Crippen LogP contribution in [0.3, 0.4) is 0 Å². The van der Waals surface area contributed by atoms with Crippen LogP contribution in [0.5, 0.6) is 5.88 Å². The number of nitrogens with zero attached hydrogens (tertiary/aromatic N) is 5. The monoisotopic (exact) mass is 499 g/mol. The molecule has 0 radical (unpaired) electrons. The number of fused-ring (bicyclic) bond motifs is 1. The Labute approximate surface area is 216 Å². The van der Waals surface area contributed by atoms with E-state index in [9.17, 15) is 4.79 Å². The summed E-state index contributed by atoms with van der Waals surface area (Å²) >= 11 is 0. The highest BCUT2D eigenvalue weighted by Crippen LogP contribution is 2.27. The van der Waals surface area contributed by atoms with Gasteiger partial charge in [-0.25, -0.2) is 9.97 Å². The maximum Gasteiger partial charge on any atom is 0.259 e. The van der Waals surface area contributed by atoms with E-state index in [1.165, 1.54) is 5.56 Å². The predicted octanol–water partition coefficient (Wildman–Crippen LogP) is 3.70. The number of H-pyrrole nitrogens is 1. The van der Waals surface area contributed by atoms with Gasteiger partial charge in [0.15, 0.2) is 0 Å². The molecule has 2 N–H and O–H groups in total. The third-order valence-corrected chi connectivity index (χ3v) is 7.03. The van der Waals surface area contributed by atoms with Crippen molar-refractivity contribution in [2.24, 2.45) is 0 Å². The van der Waals surface area contributed by atoms with Gasteiger partial charge < -0.3 is 19.9 Å². The van der Waals surface area contributed by atoms with Crippen LogP contribution < -0.4 is 15.6 Å². The molecule has 9 heteroatoms. The number of ether oxygens (including phenoxy) is 1. The van der Waals surface area contributed by atoms with Gasteiger partial charge in [0.1, 0.15) is 11.5 Å². The van der Waals surface area contributed by atoms with E-state index in [0.717, 1.165) is 50.2 Å². The zero-order chi connectivity index (χ0) is 25.8. The van der Waals surface area contributed by atoms with Gasteiger partial charge in [-0.2, -0.15) is 0 Å². The standard InChI is InChI=1S/C28H33N7O2/c1-4-35-14-13-34(18-19(35)2)12-10-20-5-7-22(8-6-20)31-27-26-21(9-11-30-28(26)36)15-23(33-27)24-16-29-17-25(32-24)37-3/h5-9,11,15-17,19H,4,10,12-14,18H2,1-3H3,(H,30,36)(H,31,33). The summed E-state index contributed by atoms with van der Waals surface area (Å²) in [5.74, 6) is 0.867. The fraction of sp³-hybridized carbons (Fsp3) is 0.357. The molecule has 1 saturated heterocycles. The number of piperazine rings is 1. The second kappa shape index (κ2) is 11.1. The number of likely N-dealkylation sites (N-methyl/N-ethyl adjacent to an activating group) is 1. The summed E-state index contributed by atoms with van der Waals surface area (Å²) in [5.41, 5.74) is 3.10. The second-order valence-corrected chi connectivity index (χ2v) is 9.42. The summed E-state index contributed by atoms with van der Waals surface area (Å²) in [7, 11) is 1.55. The number of aromatic amines is 1. The van der Waals surface area contributed by atoms with E-state index in [4.69, 9.17) is 9.72 Å². The van der Waals surface area contributed by atoms with Gasteiger partial charge in [0.05, 0.1) is 30.6 Å². The highest BCUT2D eigenvalue weighted by Gasteiger charge is 2.21. The average molecular weight is 500 g/mol. The lowest BCUT2D eigenvalue weighted by Gasteiger charge is -2.39. The predicted molar refractivity (Wildman–Crippen MR) is 147 cm³/mol. The molecule has 1 unspecified atom stereocenters. The molecular weight excluding hydrogens is 466 g/mol. The maximum absolute atomic E-state index is 12.7. The maximum atomic E-state index is 12.7. The molecule has 1 atom stereocenters. The largest absolute Gasteiger partial charge is 0.480 e. The van der Waals surface area contributed by atoms with Crippen LogP contribution in [0, 0.1) is 0 Å². The van der Waals surface area contributed by atoms with Crippen LogP contribution in [-0.2, 0) is 6.42 Å². The third kappa shape index (κ3) is 5.63. The molecular formula is C28H33N7O2. The lowest BCUT2D eigenvalue weighted by atomic mass is 10.1. The molecule has 192 valence electrons.